The Balaban J connectivity index is 2.66. The number of carbonyl (C=O) groups excluding carboxylic acids is 1. The van der Waals surface area contributed by atoms with Gasteiger partial charge in [-0.25, -0.2) is 0 Å². The van der Waals surface area contributed by atoms with E-state index in [1.165, 1.54) is 0 Å². The number of hydrogen-bond acceptors (Lipinski definition) is 3. The molecule has 2 N–H and O–H groups in total. The third-order valence-corrected chi connectivity index (χ3v) is 3.36. The van der Waals surface area contributed by atoms with Crippen LogP contribution in [-0.2, 0) is 11.3 Å². The lowest BCUT2D eigenvalue weighted by Gasteiger charge is -2.15. The molecule has 0 atom stereocenters. The Morgan fingerprint density at radius 1 is 1.38 bits per heavy atom. The maximum Gasteiger partial charge on any atom is 0.223 e. The molecule has 0 unspecified atom stereocenters. The summed E-state index contributed by atoms with van der Waals surface area (Å²) < 4.78 is 6.89. The fourth-order valence-corrected chi connectivity index (χ4v) is 2.66. The van der Waals surface area contributed by atoms with Gasteiger partial charge in [0.25, 0.3) is 0 Å². The minimum Gasteiger partial charge on any atom is -0.492 e. The lowest BCUT2D eigenvalue weighted by molar-refractivity contribution is -0.122. The summed E-state index contributed by atoms with van der Waals surface area (Å²) >= 11 is 3.51. The second-order valence-electron chi connectivity index (χ2n) is 5.31. The molecular formula is C16H25BrN2O2. The molecule has 1 amide bonds. The van der Waals surface area contributed by atoms with Crippen molar-refractivity contribution in [1.82, 2.24) is 10.6 Å². The molecule has 0 spiro atoms. The summed E-state index contributed by atoms with van der Waals surface area (Å²) in [5.74, 6) is 0.893. The van der Waals surface area contributed by atoms with Gasteiger partial charge in [-0.1, -0.05) is 22.9 Å². The van der Waals surface area contributed by atoms with Crippen molar-refractivity contribution in [3.05, 3.63) is 27.7 Å². The van der Waals surface area contributed by atoms with Gasteiger partial charge < -0.3 is 15.4 Å². The Morgan fingerprint density at radius 3 is 2.71 bits per heavy atom. The molecule has 21 heavy (non-hydrogen) atoms. The van der Waals surface area contributed by atoms with Gasteiger partial charge in [-0.3, -0.25) is 4.79 Å². The number of halogens is 1. The fraction of sp³-hybridized carbons (Fsp3) is 0.562. The highest BCUT2D eigenvalue weighted by Gasteiger charge is 2.10. The van der Waals surface area contributed by atoms with Crippen LogP contribution in [0.25, 0.3) is 0 Å². The Kier molecular flexibility index (Phi) is 7.75. The number of amides is 1. The minimum atomic E-state index is 0.0213. The molecule has 4 nitrogen and oxygen atoms in total. The van der Waals surface area contributed by atoms with E-state index in [-0.39, 0.29) is 11.9 Å². The van der Waals surface area contributed by atoms with Crippen LogP contribution in [0.15, 0.2) is 16.6 Å². The van der Waals surface area contributed by atoms with Crippen molar-refractivity contribution in [3.8, 4) is 5.75 Å². The SMILES string of the molecule is CCNCc1cc(Br)cc(C)c1OCCC(=O)NC(C)C. The number of ether oxygens (including phenoxy) is 1. The normalized spacial score (nSPS) is 10.8. The zero-order valence-corrected chi connectivity index (χ0v) is 14.8. The first-order valence-corrected chi connectivity index (χ1v) is 8.15. The lowest BCUT2D eigenvalue weighted by atomic mass is 10.1. The molecule has 0 aliphatic rings. The molecule has 1 rings (SSSR count). The quantitative estimate of drug-likeness (QED) is 0.752. The monoisotopic (exact) mass is 356 g/mol. The smallest absolute Gasteiger partial charge is 0.223 e. The first kappa shape index (κ1) is 18.0. The van der Waals surface area contributed by atoms with E-state index in [1.54, 1.807) is 0 Å². The Bertz CT molecular complexity index is 476. The second-order valence-corrected chi connectivity index (χ2v) is 6.23. The third kappa shape index (κ3) is 6.48. The first-order chi connectivity index (χ1) is 9.93. The zero-order valence-electron chi connectivity index (χ0n) is 13.3. The molecule has 0 bridgehead atoms. The number of nitrogens with one attached hydrogen (secondary N) is 2. The number of hydrogen-bond donors (Lipinski definition) is 2. The van der Waals surface area contributed by atoms with Crippen molar-refractivity contribution in [2.24, 2.45) is 0 Å². The van der Waals surface area contributed by atoms with Crippen molar-refractivity contribution in [3.63, 3.8) is 0 Å². The van der Waals surface area contributed by atoms with E-state index < -0.39 is 0 Å². The summed E-state index contributed by atoms with van der Waals surface area (Å²) in [6, 6.07) is 4.24. The van der Waals surface area contributed by atoms with Crippen LogP contribution >= 0.6 is 15.9 Å². The van der Waals surface area contributed by atoms with Crippen LogP contribution in [0.1, 0.15) is 38.3 Å². The molecule has 0 aliphatic carbocycles. The molecule has 118 valence electrons. The van der Waals surface area contributed by atoms with Gasteiger partial charge >= 0.3 is 0 Å². The van der Waals surface area contributed by atoms with Gasteiger partial charge in [-0.15, -0.1) is 0 Å². The Hall–Kier alpha value is -1.07. The topological polar surface area (TPSA) is 50.4 Å². The maximum absolute atomic E-state index is 11.6. The highest BCUT2D eigenvalue weighted by atomic mass is 79.9. The zero-order chi connectivity index (χ0) is 15.8. The Labute approximate surface area is 135 Å². The van der Waals surface area contributed by atoms with Gasteiger partial charge in [-0.2, -0.15) is 0 Å². The van der Waals surface area contributed by atoms with Crippen molar-refractivity contribution < 1.29 is 9.53 Å². The standard InChI is InChI=1S/C16H25BrN2O2/c1-5-18-10-13-9-14(17)8-12(4)16(13)21-7-6-15(20)19-11(2)3/h8-9,11,18H,5-7,10H2,1-4H3,(H,19,20). The molecule has 0 radical (unpaired) electrons. The van der Waals surface area contributed by atoms with Gasteiger partial charge in [0.05, 0.1) is 13.0 Å². The van der Waals surface area contributed by atoms with Gasteiger partial charge in [0, 0.05) is 22.6 Å². The summed E-state index contributed by atoms with van der Waals surface area (Å²) in [7, 11) is 0. The molecule has 0 heterocycles. The molecule has 0 aromatic heterocycles. The van der Waals surface area contributed by atoms with Crippen LogP contribution in [0.5, 0.6) is 5.75 Å². The van der Waals surface area contributed by atoms with Crippen molar-refractivity contribution >= 4 is 21.8 Å². The largest absolute Gasteiger partial charge is 0.492 e. The van der Waals surface area contributed by atoms with Crippen molar-refractivity contribution in [1.29, 1.82) is 0 Å². The molecule has 5 heteroatoms. The van der Waals surface area contributed by atoms with Gasteiger partial charge in [-0.05, 0) is 45.0 Å². The van der Waals surface area contributed by atoms with Gasteiger partial charge in [0.1, 0.15) is 5.75 Å². The molecule has 1 aromatic rings. The maximum atomic E-state index is 11.6. The van der Waals surface area contributed by atoms with E-state index in [0.717, 1.165) is 34.4 Å². The molecule has 0 saturated heterocycles. The van der Waals surface area contributed by atoms with Crippen LogP contribution in [0, 0.1) is 6.92 Å². The average molecular weight is 357 g/mol. The third-order valence-electron chi connectivity index (χ3n) is 2.91. The summed E-state index contributed by atoms with van der Waals surface area (Å²) in [6.07, 6.45) is 0.369. The van der Waals surface area contributed by atoms with E-state index >= 15 is 0 Å². The van der Waals surface area contributed by atoms with E-state index in [1.807, 2.05) is 26.8 Å². The number of benzene rings is 1. The van der Waals surface area contributed by atoms with Crippen molar-refractivity contribution in [2.45, 2.75) is 46.7 Å². The van der Waals surface area contributed by atoms with E-state index in [9.17, 15) is 4.79 Å². The summed E-state index contributed by atoms with van der Waals surface area (Å²) in [4.78, 5) is 11.6. The van der Waals surface area contributed by atoms with Crippen LogP contribution in [0.3, 0.4) is 0 Å². The van der Waals surface area contributed by atoms with Crippen molar-refractivity contribution in [2.75, 3.05) is 13.2 Å². The van der Waals surface area contributed by atoms with Crippen LogP contribution < -0.4 is 15.4 Å². The highest BCUT2D eigenvalue weighted by Crippen LogP contribution is 2.28. The van der Waals surface area contributed by atoms with Gasteiger partial charge in [0.2, 0.25) is 5.91 Å². The summed E-state index contributed by atoms with van der Waals surface area (Å²) in [5, 5.41) is 6.17. The minimum absolute atomic E-state index is 0.0213. The number of aryl methyl sites for hydroxylation is 1. The first-order valence-electron chi connectivity index (χ1n) is 7.36. The predicted molar refractivity (Wildman–Crippen MR) is 89.7 cm³/mol. The average Bonchev–Trinajstić information content (AvgIpc) is 2.38. The molecule has 0 fully saturated rings. The lowest BCUT2D eigenvalue weighted by Crippen LogP contribution is -2.31. The summed E-state index contributed by atoms with van der Waals surface area (Å²) in [6.45, 7) is 10.0. The van der Waals surface area contributed by atoms with Crippen LogP contribution in [-0.4, -0.2) is 25.1 Å². The molecular weight excluding hydrogens is 332 g/mol. The predicted octanol–water partition coefficient (Wildman–Crippen LogP) is 3.16. The van der Waals surface area contributed by atoms with E-state index in [2.05, 4.69) is 39.6 Å². The Morgan fingerprint density at radius 2 is 2.10 bits per heavy atom. The van der Waals surface area contributed by atoms with Crippen LogP contribution in [0.4, 0.5) is 0 Å². The molecule has 0 aliphatic heterocycles. The molecule has 0 saturated carbocycles. The fourth-order valence-electron chi connectivity index (χ4n) is 2.04. The molecule has 1 aromatic carbocycles. The van der Waals surface area contributed by atoms with E-state index in [0.29, 0.717) is 13.0 Å². The second kappa shape index (κ2) is 9.05. The highest BCUT2D eigenvalue weighted by molar-refractivity contribution is 9.10. The number of carbonyl (C=O) groups is 1. The summed E-state index contributed by atoms with van der Waals surface area (Å²) in [5.41, 5.74) is 2.18. The van der Waals surface area contributed by atoms with E-state index in [4.69, 9.17) is 4.74 Å². The number of rotatable bonds is 8. The van der Waals surface area contributed by atoms with Crippen LogP contribution in [0.2, 0.25) is 0 Å². The van der Waals surface area contributed by atoms with Gasteiger partial charge in [0.15, 0.2) is 0 Å².